The van der Waals surface area contributed by atoms with Crippen LogP contribution in [0.15, 0.2) is 0 Å². The molecule has 0 rings (SSSR count). The number of carbonyl (C=O) groups excluding carboxylic acids is 4. The van der Waals surface area contributed by atoms with Gasteiger partial charge in [0.15, 0.2) is 0 Å². The maximum Gasteiger partial charge on any atom is 0.332 e. The van der Waals surface area contributed by atoms with Crippen molar-refractivity contribution in [1.29, 1.82) is 10.5 Å². The van der Waals surface area contributed by atoms with Crippen molar-refractivity contribution in [3.63, 3.8) is 0 Å². The first-order valence-corrected chi connectivity index (χ1v) is 9.27. The second-order valence-corrected chi connectivity index (χ2v) is 6.16. The highest BCUT2D eigenvalue weighted by atomic mass is 16.7. The average molecular weight is 426 g/mol. The molecule has 0 aromatic carbocycles. The Hall–Kier alpha value is -3.22. The molecule has 0 radical (unpaired) electrons. The molecule has 0 saturated heterocycles. The van der Waals surface area contributed by atoms with Crippen LogP contribution in [0.4, 0.5) is 0 Å². The number of unbranched alkanes of at least 4 members (excludes halogenated alkanes) is 1. The van der Waals surface area contributed by atoms with Gasteiger partial charge in [0.2, 0.25) is 0 Å². The minimum atomic E-state index is -1.05. The van der Waals surface area contributed by atoms with E-state index in [1.807, 2.05) is 0 Å². The van der Waals surface area contributed by atoms with Crippen LogP contribution in [0.5, 0.6) is 0 Å². The fourth-order valence-corrected chi connectivity index (χ4v) is 2.00. The maximum atomic E-state index is 11.9. The fraction of sp³-hybridized carbons (Fsp3) is 0.667. The lowest BCUT2D eigenvalue weighted by atomic mass is 10.2. The Morgan fingerprint density at radius 1 is 0.800 bits per heavy atom. The van der Waals surface area contributed by atoms with E-state index >= 15 is 0 Å². The Balaban J connectivity index is 4.45. The van der Waals surface area contributed by atoms with Crippen molar-refractivity contribution in [1.82, 2.24) is 10.1 Å². The third kappa shape index (κ3) is 9.82. The molecule has 30 heavy (non-hydrogen) atoms. The number of hydrogen-bond donors (Lipinski definition) is 2. The van der Waals surface area contributed by atoms with Crippen LogP contribution in [0.1, 0.15) is 39.5 Å². The molecule has 0 aromatic rings. The molecule has 12 heteroatoms. The van der Waals surface area contributed by atoms with Crippen LogP contribution < -0.4 is 0 Å². The topological polar surface area (TPSA) is 181 Å². The van der Waals surface area contributed by atoms with Gasteiger partial charge in [-0.1, -0.05) is 0 Å². The summed E-state index contributed by atoms with van der Waals surface area (Å²) in [6.45, 7) is 1.17. The predicted octanol–water partition coefficient (Wildman–Crippen LogP) is -0.576. The minimum Gasteiger partial charge on any atom is -0.394 e. The standard InChI is InChI=1S/C18H26N4O8/c1-13(11-19)17(27)21(7-9-23)29-15(25)5-3-4-6-16(26)30-22(8-10-24)18(28)14(2)12-20/h13-14,23-24H,3-10H2,1-2H3. The van der Waals surface area contributed by atoms with Gasteiger partial charge in [0.05, 0.1) is 38.4 Å². The van der Waals surface area contributed by atoms with Crippen molar-refractivity contribution in [3.05, 3.63) is 0 Å². The van der Waals surface area contributed by atoms with E-state index in [4.69, 9.17) is 30.4 Å². The molecule has 0 heterocycles. The summed E-state index contributed by atoms with van der Waals surface area (Å²) in [5, 5.41) is 36.7. The largest absolute Gasteiger partial charge is 0.394 e. The smallest absolute Gasteiger partial charge is 0.332 e. The van der Waals surface area contributed by atoms with Crippen LogP contribution in [0.25, 0.3) is 0 Å². The highest BCUT2D eigenvalue weighted by Crippen LogP contribution is 2.09. The molecule has 0 aliphatic rings. The zero-order valence-corrected chi connectivity index (χ0v) is 16.9. The van der Waals surface area contributed by atoms with Gasteiger partial charge >= 0.3 is 11.9 Å². The van der Waals surface area contributed by atoms with Gasteiger partial charge in [0.25, 0.3) is 11.8 Å². The third-order valence-corrected chi connectivity index (χ3v) is 3.66. The number of aliphatic hydroxyl groups excluding tert-OH is 2. The van der Waals surface area contributed by atoms with Gasteiger partial charge in [-0.2, -0.15) is 20.7 Å². The monoisotopic (exact) mass is 426 g/mol. The second-order valence-electron chi connectivity index (χ2n) is 6.16. The SMILES string of the molecule is CC(C#N)C(=O)N(CCO)OC(=O)CCCCC(=O)ON(CCO)C(=O)C(C)C#N. The number of nitriles is 2. The Labute approximate surface area is 174 Å². The normalized spacial score (nSPS) is 11.9. The Morgan fingerprint density at radius 2 is 1.13 bits per heavy atom. The molecule has 12 nitrogen and oxygen atoms in total. The van der Waals surface area contributed by atoms with Crippen molar-refractivity contribution in [2.45, 2.75) is 39.5 Å². The van der Waals surface area contributed by atoms with E-state index < -0.39 is 48.8 Å². The van der Waals surface area contributed by atoms with E-state index in [0.29, 0.717) is 10.1 Å². The summed E-state index contributed by atoms with van der Waals surface area (Å²) in [7, 11) is 0. The lowest BCUT2D eigenvalue weighted by molar-refractivity contribution is -0.202. The van der Waals surface area contributed by atoms with E-state index in [1.165, 1.54) is 13.8 Å². The fourth-order valence-electron chi connectivity index (χ4n) is 2.00. The molecule has 2 N–H and O–H groups in total. The molecule has 0 aromatic heterocycles. The highest BCUT2D eigenvalue weighted by molar-refractivity contribution is 5.82. The first-order valence-electron chi connectivity index (χ1n) is 9.27. The van der Waals surface area contributed by atoms with Crippen molar-refractivity contribution < 1.29 is 39.1 Å². The van der Waals surface area contributed by atoms with Crippen LogP contribution in [0.3, 0.4) is 0 Å². The van der Waals surface area contributed by atoms with Crippen LogP contribution in [-0.2, 0) is 28.9 Å². The molecule has 0 fully saturated rings. The molecule has 0 aliphatic carbocycles. The van der Waals surface area contributed by atoms with Gasteiger partial charge in [-0.15, -0.1) is 0 Å². The zero-order chi connectivity index (χ0) is 23.1. The number of carbonyl (C=O) groups is 4. The summed E-state index contributed by atoms with van der Waals surface area (Å²) in [5.41, 5.74) is 0. The molecule has 0 saturated carbocycles. The summed E-state index contributed by atoms with van der Waals surface area (Å²) in [4.78, 5) is 57.2. The van der Waals surface area contributed by atoms with E-state index in [-0.39, 0.29) is 38.8 Å². The molecular weight excluding hydrogens is 400 g/mol. The van der Waals surface area contributed by atoms with Gasteiger partial charge in [-0.25, -0.2) is 9.59 Å². The lowest BCUT2D eigenvalue weighted by Gasteiger charge is -2.21. The van der Waals surface area contributed by atoms with Crippen LogP contribution in [-0.4, -0.2) is 70.4 Å². The number of hydroxylamine groups is 4. The Morgan fingerprint density at radius 3 is 1.40 bits per heavy atom. The van der Waals surface area contributed by atoms with Crippen LogP contribution in [0, 0.1) is 34.5 Å². The van der Waals surface area contributed by atoms with Crippen molar-refractivity contribution >= 4 is 23.8 Å². The summed E-state index contributed by atoms with van der Waals surface area (Å²) >= 11 is 0. The van der Waals surface area contributed by atoms with E-state index in [0.717, 1.165) is 0 Å². The van der Waals surface area contributed by atoms with Gasteiger partial charge < -0.3 is 19.9 Å². The molecule has 0 aliphatic heterocycles. The highest BCUT2D eigenvalue weighted by Gasteiger charge is 2.25. The van der Waals surface area contributed by atoms with Crippen LogP contribution >= 0.6 is 0 Å². The molecule has 0 bridgehead atoms. The number of nitrogens with zero attached hydrogens (tertiary/aromatic N) is 4. The van der Waals surface area contributed by atoms with Gasteiger partial charge in [-0.05, 0) is 26.7 Å². The number of rotatable bonds is 11. The van der Waals surface area contributed by atoms with Gasteiger partial charge in [0.1, 0.15) is 11.8 Å². The first-order chi connectivity index (χ1) is 14.2. The minimum absolute atomic E-state index is 0.145. The zero-order valence-electron chi connectivity index (χ0n) is 16.9. The van der Waals surface area contributed by atoms with Gasteiger partial charge in [-0.3, -0.25) is 9.59 Å². The van der Waals surface area contributed by atoms with E-state index in [1.54, 1.807) is 12.1 Å². The predicted molar refractivity (Wildman–Crippen MR) is 97.8 cm³/mol. The van der Waals surface area contributed by atoms with Crippen LogP contribution in [0.2, 0.25) is 0 Å². The summed E-state index contributed by atoms with van der Waals surface area (Å²) < 4.78 is 0. The summed E-state index contributed by atoms with van der Waals surface area (Å²) in [6, 6.07) is 3.42. The quantitative estimate of drug-likeness (QED) is 0.320. The van der Waals surface area contributed by atoms with E-state index in [9.17, 15) is 19.2 Å². The Kier molecular flexibility index (Phi) is 13.2. The first kappa shape index (κ1) is 26.8. The third-order valence-electron chi connectivity index (χ3n) is 3.66. The van der Waals surface area contributed by atoms with Gasteiger partial charge in [0, 0.05) is 12.8 Å². The summed E-state index contributed by atoms with van der Waals surface area (Å²) in [5.74, 6) is -5.18. The average Bonchev–Trinajstić information content (AvgIpc) is 2.73. The molecular formula is C18H26N4O8. The molecule has 2 amide bonds. The number of hydrogen-bond acceptors (Lipinski definition) is 10. The van der Waals surface area contributed by atoms with Crippen molar-refractivity contribution in [2.75, 3.05) is 26.3 Å². The molecule has 2 atom stereocenters. The Bertz CT molecular complexity index is 627. The maximum absolute atomic E-state index is 11.9. The molecule has 0 spiro atoms. The second kappa shape index (κ2) is 14.7. The molecule has 166 valence electrons. The number of amides is 2. The van der Waals surface area contributed by atoms with Crippen molar-refractivity contribution in [2.24, 2.45) is 11.8 Å². The van der Waals surface area contributed by atoms with E-state index in [2.05, 4.69) is 0 Å². The van der Waals surface area contributed by atoms with Crippen molar-refractivity contribution in [3.8, 4) is 12.1 Å². The lowest BCUT2D eigenvalue weighted by Crippen LogP contribution is -2.39. The summed E-state index contributed by atoms with van der Waals surface area (Å²) in [6.07, 6.45) is 0.110. The molecule has 2 unspecified atom stereocenters. The number of aliphatic hydroxyl groups is 2.